The predicted molar refractivity (Wildman–Crippen MR) is 279 cm³/mol. The third-order valence-electron chi connectivity index (χ3n) is 10.8. The van der Waals surface area contributed by atoms with E-state index in [9.17, 15) is 9.59 Å². The molecule has 364 valence electrons. The highest BCUT2D eigenvalue weighted by molar-refractivity contribution is 5.70. The van der Waals surface area contributed by atoms with Gasteiger partial charge in [-0.05, 0) is 116 Å². The van der Waals surface area contributed by atoms with Gasteiger partial charge in [0, 0.05) is 19.4 Å². The third kappa shape index (κ3) is 51.2. The number of carbonyl (C=O) groups excluding carboxylic acids is 2. The number of allylic oxidation sites excluding steroid dienone is 18. The molecule has 0 radical (unpaired) electrons. The minimum Gasteiger partial charge on any atom is -0.462 e. The molecule has 0 aromatic rings. The average Bonchev–Trinajstić information content (AvgIpc) is 3.30. The first-order valence-corrected chi connectivity index (χ1v) is 26.4. The van der Waals surface area contributed by atoms with E-state index in [-0.39, 0.29) is 25.2 Å². The maximum atomic E-state index is 12.8. The van der Waals surface area contributed by atoms with Gasteiger partial charge in [-0.3, -0.25) is 9.59 Å². The van der Waals surface area contributed by atoms with Crippen molar-refractivity contribution in [1.82, 2.24) is 0 Å². The molecule has 5 heteroatoms. The normalized spacial score (nSPS) is 13.1. The van der Waals surface area contributed by atoms with Gasteiger partial charge in [0.25, 0.3) is 0 Å². The van der Waals surface area contributed by atoms with Crippen LogP contribution in [0.2, 0.25) is 0 Å². The van der Waals surface area contributed by atoms with Crippen molar-refractivity contribution in [3.05, 3.63) is 109 Å². The fraction of sp³-hybridized carbons (Fsp3) is 0.661. The van der Waals surface area contributed by atoms with Gasteiger partial charge >= 0.3 is 11.9 Å². The predicted octanol–water partition coefficient (Wildman–Crippen LogP) is 18.0. The molecule has 0 heterocycles. The summed E-state index contributed by atoms with van der Waals surface area (Å²) in [6.45, 7) is 7.56. The summed E-state index contributed by atoms with van der Waals surface area (Å²) in [4.78, 5) is 25.4. The zero-order valence-corrected chi connectivity index (χ0v) is 41.8. The molecule has 0 saturated heterocycles. The topological polar surface area (TPSA) is 61.8 Å². The Morgan fingerprint density at radius 3 is 1.23 bits per heavy atom. The van der Waals surface area contributed by atoms with Crippen LogP contribution in [0.25, 0.3) is 0 Å². The van der Waals surface area contributed by atoms with Gasteiger partial charge in [-0.15, -0.1) is 0 Å². The molecule has 0 bridgehead atoms. The molecule has 0 aliphatic heterocycles. The van der Waals surface area contributed by atoms with E-state index in [0.717, 1.165) is 89.9 Å². The highest BCUT2D eigenvalue weighted by Gasteiger charge is 2.17. The molecule has 0 aliphatic carbocycles. The Kier molecular flexibility index (Phi) is 51.0. The molecular formula is C59H98O5. The number of ether oxygens (including phenoxy) is 3. The van der Waals surface area contributed by atoms with Crippen LogP contribution >= 0.6 is 0 Å². The van der Waals surface area contributed by atoms with E-state index in [1.807, 2.05) is 6.08 Å². The molecule has 0 N–H and O–H groups in total. The smallest absolute Gasteiger partial charge is 0.306 e. The first kappa shape index (κ1) is 60.6. The molecule has 0 aromatic heterocycles. The van der Waals surface area contributed by atoms with Gasteiger partial charge in [0.2, 0.25) is 0 Å². The number of rotatable bonds is 47. The van der Waals surface area contributed by atoms with Crippen LogP contribution < -0.4 is 0 Å². The lowest BCUT2D eigenvalue weighted by Gasteiger charge is -2.18. The Bertz CT molecular complexity index is 1280. The van der Waals surface area contributed by atoms with E-state index >= 15 is 0 Å². The summed E-state index contributed by atoms with van der Waals surface area (Å²) in [7, 11) is 0. The molecule has 5 nitrogen and oxygen atoms in total. The van der Waals surface area contributed by atoms with Crippen molar-refractivity contribution in [2.45, 2.75) is 232 Å². The number of hydrogen-bond acceptors (Lipinski definition) is 5. The van der Waals surface area contributed by atoms with E-state index in [1.165, 1.54) is 96.3 Å². The number of hydrogen-bond donors (Lipinski definition) is 0. The van der Waals surface area contributed by atoms with Crippen molar-refractivity contribution in [3.8, 4) is 0 Å². The lowest BCUT2D eigenvalue weighted by molar-refractivity contribution is -0.162. The summed E-state index contributed by atoms with van der Waals surface area (Å²) in [6.07, 6.45) is 73.9. The molecule has 1 atom stereocenters. The third-order valence-corrected chi connectivity index (χ3v) is 10.8. The van der Waals surface area contributed by atoms with E-state index < -0.39 is 6.10 Å². The fourth-order valence-corrected chi connectivity index (χ4v) is 6.85. The zero-order valence-electron chi connectivity index (χ0n) is 41.8. The highest BCUT2D eigenvalue weighted by atomic mass is 16.6. The Morgan fingerprint density at radius 2 is 0.734 bits per heavy atom. The van der Waals surface area contributed by atoms with Crippen molar-refractivity contribution >= 4 is 11.9 Å². The van der Waals surface area contributed by atoms with E-state index in [4.69, 9.17) is 14.2 Å². The van der Waals surface area contributed by atoms with Gasteiger partial charge in [-0.1, -0.05) is 207 Å². The minimum atomic E-state index is -0.583. The molecule has 64 heavy (non-hydrogen) atoms. The molecule has 0 saturated carbocycles. The van der Waals surface area contributed by atoms with Crippen molar-refractivity contribution in [2.24, 2.45) is 0 Å². The van der Waals surface area contributed by atoms with Crippen LogP contribution in [0.5, 0.6) is 0 Å². The molecule has 0 spiro atoms. The average molecular weight is 887 g/mol. The maximum Gasteiger partial charge on any atom is 0.306 e. The van der Waals surface area contributed by atoms with Crippen LogP contribution in [0, 0.1) is 0 Å². The SMILES string of the molecule is CC/C=C\C/C=C\C/C=C\C/C=C\C/C=C\C/C=C\CCC(=O)OCC(COCCCCCCCC/C=C\C/C=C\CCCCC)OC(=O)CCCCCCC/C=C\CCCCCC. The Morgan fingerprint density at radius 1 is 0.359 bits per heavy atom. The second kappa shape index (κ2) is 53.9. The van der Waals surface area contributed by atoms with Gasteiger partial charge in [0.1, 0.15) is 6.61 Å². The minimum absolute atomic E-state index is 0.0319. The van der Waals surface area contributed by atoms with Crippen molar-refractivity contribution in [3.63, 3.8) is 0 Å². The van der Waals surface area contributed by atoms with Crippen molar-refractivity contribution in [2.75, 3.05) is 19.8 Å². The Balaban J connectivity index is 4.43. The maximum absolute atomic E-state index is 12.8. The highest BCUT2D eigenvalue weighted by Crippen LogP contribution is 2.12. The van der Waals surface area contributed by atoms with Crippen LogP contribution in [0.1, 0.15) is 226 Å². The first-order chi connectivity index (χ1) is 31.6. The van der Waals surface area contributed by atoms with Gasteiger partial charge in [0.15, 0.2) is 6.10 Å². The lowest BCUT2D eigenvalue weighted by atomic mass is 10.1. The van der Waals surface area contributed by atoms with Crippen LogP contribution in [0.4, 0.5) is 0 Å². The van der Waals surface area contributed by atoms with E-state index in [0.29, 0.717) is 25.9 Å². The monoisotopic (exact) mass is 887 g/mol. The molecule has 1 unspecified atom stereocenters. The second-order valence-electron chi connectivity index (χ2n) is 17.0. The van der Waals surface area contributed by atoms with Gasteiger partial charge in [-0.2, -0.15) is 0 Å². The molecule has 0 aliphatic rings. The fourth-order valence-electron chi connectivity index (χ4n) is 6.85. The Hall–Kier alpha value is -3.44. The summed E-state index contributed by atoms with van der Waals surface area (Å²) >= 11 is 0. The molecular weight excluding hydrogens is 789 g/mol. The number of unbranched alkanes of at least 4 members (excludes halogenated alkanes) is 18. The summed E-state index contributed by atoms with van der Waals surface area (Å²) in [5.41, 5.74) is 0. The lowest BCUT2D eigenvalue weighted by Crippen LogP contribution is -2.30. The van der Waals surface area contributed by atoms with Crippen LogP contribution in [0.3, 0.4) is 0 Å². The second-order valence-corrected chi connectivity index (χ2v) is 17.0. The van der Waals surface area contributed by atoms with Crippen molar-refractivity contribution < 1.29 is 23.8 Å². The van der Waals surface area contributed by atoms with E-state index in [1.54, 1.807) is 0 Å². The number of carbonyl (C=O) groups is 2. The first-order valence-electron chi connectivity index (χ1n) is 26.4. The quantitative estimate of drug-likeness (QED) is 0.0346. The summed E-state index contributed by atoms with van der Waals surface area (Å²) in [5.74, 6) is -0.514. The van der Waals surface area contributed by atoms with Crippen LogP contribution in [-0.4, -0.2) is 37.9 Å². The van der Waals surface area contributed by atoms with Gasteiger partial charge in [-0.25, -0.2) is 0 Å². The number of esters is 2. The van der Waals surface area contributed by atoms with Crippen LogP contribution in [-0.2, 0) is 23.8 Å². The van der Waals surface area contributed by atoms with Crippen LogP contribution in [0.15, 0.2) is 109 Å². The van der Waals surface area contributed by atoms with Gasteiger partial charge in [0.05, 0.1) is 6.61 Å². The standard InChI is InChI=1S/C59H98O5/c1-4-7-10-13-16-19-22-25-27-29-30-31-32-35-37-40-43-46-49-52-58(60)63-56-57(64-59(61)53-50-47-44-41-38-34-24-21-18-15-12-9-6-3)55-62-54-51-48-45-42-39-36-33-28-26-23-20-17-14-11-8-5-2/h7,10,16-17,19-21,24-28,30-31,35,37,43,46,57H,4-6,8-9,11-15,18,22-23,29,32-34,36,38-42,44-45,47-56H2,1-3H3/b10-7-,19-16-,20-17-,24-21-,27-25-,28-26-,31-30-,37-35-,46-43-. The Labute approximate surface area is 395 Å². The molecule has 0 rings (SSSR count). The molecule has 0 fully saturated rings. The van der Waals surface area contributed by atoms with Gasteiger partial charge < -0.3 is 14.2 Å². The molecule has 0 aromatic carbocycles. The summed E-state index contributed by atoms with van der Waals surface area (Å²) in [5, 5.41) is 0. The summed E-state index contributed by atoms with van der Waals surface area (Å²) in [6, 6.07) is 0. The largest absolute Gasteiger partial charge is 0.462 e. The van der Waals surface area contributed by atoms with Crippen molar-refractivity contribution in [1.29, 1.82) is 0 Å². The molecule has 0 amide bonds. The van der Waals surface area contributed by atoms with E-state index in [2.05, 4.69) is 124 Å². The zero-order chi connectivity index (χ0) is 46.3. The summed E-state index contributed by atoms with van der Waals surface area (Å²) < 4.78 is 17.3.